The maximum absolute atomic E-state index is 12.1. The topological polar surface area (TPSA) is 50.7 Å². The second kappa shape index (κ2) is 6.72. The molecule has 2 aromatic rings. The van der Waals surface area contributed by atoms with Gasteiger partial charge in [0.2, 0.25) is 0 Å². The van der Waals surface area contributed by atoms with Gasteiger partial charge in [0.1, 0.15) is 17.3 Å². The van der Waals surface area contributed by atoms with Crippen molar-refractivity contribution in [1.29, 1.82) is 0 Å². The molecule has 3 rings (SSSR count). The summed E-state index contributed by atoms with van der Waals surface area (Å²) in [4.78, 5) is 16.5. The predicted molar refractivity (Wildman–Crippen MR) is 99.8 cm³/mol. The van der Waals surface area contributed by atoms with Gasteiger partial charge in [0.15, 0.2) is 0 Å². The molecule has 2 aromatic carbocycles. The van der Waals surface area contributed by atoms with Crippen molar-refractivity contribution >= 4 is 52.0 Å². The number of aliphatic imine (C=N–C) groups is 1. The molecule has 0 unspecified atom stereocenters. The third kappa shape index (κ3) is 3.56. The number of amidine groups is 1. The van der Waals surface area contributed by atoms with Crippen molar-refractivity contribution in [3.05, 3.63) is 67.9 Å². The van der Waals surface area contributed by atoms with E-state index in [9.17, 15) is 4.79 Å². The van der Waals surface area contributed by atoms with Gasteiger partial charge in [-0.1, -0.05) is 23.7 Å². The van der Waals surface area contributed by atoms with Crippen molar-refractivity contribution in [2.75, 3.05) is 7.11 Å². The SMILES string of the molecule is COc1ccc(/C=C2/N=C(c3cc(I)ccc3Cl)NC2=O)cc1. The summed E-state index contributed by atoms with van der Waals surface area (Å²) in [5.41, 5.74) is 1.93. The molecular formula is C17H12ClIN2O2. The molecule has 116 valence electrons. The Morgan fingerprint density at radius 1 is 1.22 bits per heavy atom. The number of carbonyl (C=O) groups excluding carboxylic acids is 1. The summed E-state index contributed by atoms with van der Waals surface area (Å²) in [5.74, 6) is 0.988. The second-order valence-electron chi connectivity index (χ2n) is 4.84. The fourth-order valence-corrected chi connectivity index (χ4v) is 2.83. The molecule has 0 radical (unpaired) electrons. The van der Waals surface area contributed by atoms with Gasteiger partial charge in [0.05, 0.1) is 12.1 Å². The lowest BCUT2D eigenvalue weighted by Crippen LogP contribution is -2.25. The Morgan fingerprint density at radius 2 is 1.96 bits per heavy atom. The molecule has 23 heavy (non-hydrogen) atoms. The standard InChI is InChI=1S/C17H12ClIN2O2/c1-23-12-5-2-10(3-6-12)8-15-17(22)21-16(20-15)13-9-11(19)4-7-14(13)18/h2-9H,1H3,(H,20,21,22)/b15-8+. The summed E-state index contributed by atoms with van der Waals surface area (Å²) in [6.07, 6.45) is 1.73. The van der Waals surface area contributed by atoms with E-state index in [1.54, 1.807) is 19.3 Å². The second-order valence-corrected chi connectivity index (χ2v) is 6.49. The lowest BCUT2D eigenvalue weighted by molar-refractivity contribution is -0.115. The summed E-state index contributed by atoms with van der Waals surface area (Å²) in [6.45, 7) is 0. The molecule has 0 saturated heterocycles. The molecule has 0 saturated carbocycles. The molecule has 0 fully saturated rings. The van der Waals surface area contributed by atoms with Crippen molar-refractivity contribution < 1.29 is 9.53 Å². The zero-order valence-corrected chi connectivity index (χ0v) is 15.1. The van der Waals surface area contributed by atoms with E-state index in [0.29, 0.717) is 22.1 Å². The largest absolute Gasteiger partial charge is 0.497 e. The van der Waals surface area contributed by atoms with Crippen molar-refractivity contribution in [3.63, 3.8) is 0 Å². The Balaban J connectivity index is 1.94. The van der Waals surface area contributed by atoms with Gasteiger partial charge in [-0.3, -0.25) is 4.79 Å². The number of ether oxygens (including phenoxy) is 1. The van der Waals surface area contributed by atoms with Crippen LogP contribution in [-0.2, 0) is 4.79 Å². The Morgan fingerprint density at radius 3 is 2.65 bits per heavy atom. The number of nitrogens with one attached hydrogen (secondary N) is 1. The fourth-order valence-electron chi connectivity index (χ4n) is 2.13. The normalized spacial score (nSPS) is 15.5. The maximum Gasteiger partial charge on any atom is 0.275 e. The number of benzene rings is 2. The number of hydrogen-bond acceptors (Lipinski definition) is 3. The third-order valence-electron chi connectivity index (χ3n) is 3.30. The van der Waals surface area contributed by atoms with E-state index in [1.165, 1.54) is 0 Å². The van der Waals surface area contributed by atoms with Crippen LogP contribution in [-0.4, -0.2) is 18.9 Å². The minimum atomic E-state index is -0.245. The molecule has 0 aromatic heterocycles. The van der Waals surface area contributed by atoms with Crippen LogP contribution < -0.4 is 10.1 Å². The Labute approximate surface area is 152 Å². The maximum atomic E-state index is 12.1. The van der Waals surface area contributed by atoms with Crippen LogP contribution in [0.25, 0.3) is 6.08 Å². The Hall–Kier alpha value is -1.86. The summed E-state index contributed by atoms with van der Waals surface area (Å²) in [6, 6.07) is 13.0. The van der Waals surface area contributed by atoms with Crippen LogP contribution >= 0.6 is 34.2 Å². The highest BCUT2D eigenvalue weighted by molar-refractivity contribution is 14.1. The van der Waals surface area contributed by atoms with Gasteiger partial charge in [-0.15, -0.1) is 0 Å². The summed E-state index contributed by atoms with van der Waals surface area (Å²) < 4.78 is 6.14. The van der Waals surface area contributed by atoms with Crippen molar-refractivity contribution in [2.24, 2.45) is 4.99 Å². The smallest absolute Gasteiger partial charge is 0.275 e. The van der Waals surface area contributed by atoms with E-state index in [2.05, 4.69) is 32.9 Å². The molecule has 1 N–H and O–H groups in total. The van der Waals surface area contributed by atoms with E-state index >= 15 is 0 Å². The van der Waals surface area contributed by atoms with Crippen LogP contribution in [0.15, 0.2) is 53.2 Å². The molecule has 6 heteroatoms. The molecule has 1 aliphatic rings. The highest BCUT2D eigenvalue weighted by Crippen LogP contribution is 2.23. The van der Waals surface area contributed by atoms with Crippen LogP contribution in [0.3, 0.4) is 0 Å². The van der Waals surface area contributed by atoms with E-state index in [1.807, 2.05) is 36.4 Å². The van der Waals surface area contributed by atoms with Gasteiger partial charge in [-0.25, -0.2) is 4.99 Å². The first kappa shape index (κ1) is 16.0. The molecule has 1 amide bonds. The number of carbonyl (C=O) groups is 1. The zero-order valence-electron chi connectivity index (χ0n) is 12.1. The van der Waals surface area contributed by atoms with E-state index in [0.717, 1.165) is 14.9 Å². The monoisotopic (exact) mass is 438 g/mol. The molecule has 0 atom stereocenters. The molecule has 1 aliphatic heterocycles. The average Bonchev–Trinajstić information content (AvgIpc) is 2.91. The molecule has 0 bridgehead atoms. The van der Waals surface area contributed by atoms with Gasteiger partial charge < -0.3 is 10.1 Å². The van der Waals surface area contributed by atoms with Crippen LogP contribution in [0.4, 0.5) is 0 Å². The van der Waals surface area contributed by atoms with Crippen LogP contribution in [0.1, 0.15) is 11.1 Å². The first-order valence-corrected chi connectivity index (χ1v) is 8.24. The minimum absolute atomic E-state index is 0.245. The van der Waals surface area contributed by atoms with Gasteiger partial charge in [0.25, 0.3) is 5.91 Å². The van der Waals surface area contributed by atoms with Gasteiger partial charge in [-0.2, -0.15) is 0 Å². The quantitative estimate of drug-likeness (QED) is 0.584. The van der Waals surface area contributed by atoms with Crippen LogP contribution in [0, 0.1) is 3.57 Å². The number of nitrogens with zero attached hydrogens (tertiary/aromatic N) is 1. The highest BCUT2D eigenvalue weighted by atomic mass is 127. The van der Waals surface area contributed by atoms with Crippen molar-refractivity contribution in [3.8, 4) is 5.75 Å². The zero-order chi connectivity index (χ0) is 16.4. The first-order chi connectivity index (χ1) is 11.1. The van der Waals surface area contributed by atoms with E-state index in [4.69, 9.17) is 16.3 Å². The third-order valence-corrected chi connectivity index (χ3v) is 4.30. The number of hydrogen-bond donors (Lipinski definition) is 1. The molecule has 0 spiro atoms. The average molecular weight is 439 g/mol. The van der Waals surface area contributed by atoms with Crippen LogP contribution in [0.2, 0.25) is 5.02 Å². The molecule has 4 nitrogen and oxygen atoms in total. The number of rotatable bonds is 3. The molecule has 0 aliphatic carbocycles. The summed E-state index contributed by atoms with van der Waals surface area (Å²) in [7, 11) is 1.61. The van der Waals surface area contributed by atoms with Crippen molar-refractivity contribution in [1.82, 2.24) is 5.32 Å². The fraction of sp³-hybridized carbons (Fsp3) is 0.0588. The summed E-state index contributed by atoms with van der Waals surface area (Å²) >= 11 is 8.39. The number of amides is 1. The molecule has 1 heterocycles. The van der Waals surface area contributed by atoms with Gasteiger partial charge in [0, 0.05) is 9.13 Å². The molecular weight excluding hydrogens is 427 g/mol. The number of halogens is 2. The van der Waals surface area contributed by atoms with Crippen LogP contribution in [0.5, 0.6) is 5.75 Å². The van der Waals surface area contributed by atoms with Gasteiger partial charge >= 0.3 is 0 Å². The van der Waals surface area contributed by atoms with E-state index < -0.39 is 0 Å². The highest BCUT2D eigenvalue weighted by Gasteiger charge is 2.22. The van der Waals surface area contributed by atoms with Crippen molar-refractivity contribution in [2.45, 2.75) is 0 Å². The number of methoxy groups -OCH3 is 1. The lowest BCUT2D eigenvalue weighted by Gasteiger charge is -2.03. The Bertz CT molecular complexity index is 829. The van der Waals surface area contributed by atoms with E-state index in [-0.39, 0.29) is 5.91 Å². The minimum Gasteiger partial charge on any atom is -0.497 e. The van der Waals surface area contributed by atoms with Gasteiger partial charge in [-0.05, 0) is 64.6 Å². The lowest BCUT2D eigenvalue weighted by atomic mass is 10.2. The predicted octanol–water partition coefficient (Wildman–Crippen LogP) is 3.87. The Kier molecular flexibility index (Phi) is 4.68. The summed E-state index contributed by atoms with van der Waals surface area (Å²) in [5, 5.41) is 3.31. The first-order valence-electron chi connectivity index (χ1n) is 6.78.